The molecular weight excluding hydrogens is 352 g/mol. The summed E-state index contributed by atoms with van der Waals surface area (Å²) in [5.41, 5.74) is 3.39. The third kappa shape index (κ3) is 3.81. The van der Waals surface area contributed by atoms with E-state index in [2.05, 4.69) is 21.4 Å². The molecule has 0 bridgehead atoms. The van der Waals surface area contributed by atoms with Crippen molar-refractivity contribution in [3.8, 4) is 5.75 Å². The minimum absolute atomic E-state index is 0.118. The Labute approximate surface area is 164 Å². The molecule has 2 heterocycles. The van der Waals surface area contributed by atoms with E-state index in [0.29, 0.717) is 24.7 Å². The summed E-state index contributed by atoms with van der Waals surface area (Å²) in [7, 11) is 0. The maximum absolute atomic E-state index is 12.9. The topological polar surface area (TPSA) is 67.3 Å². The molecule has 1 aromatic heterocycles. The fourth-order valence-corrected chi connectivity index (χ4v) is 3.33. The first kappa shape index (κ1) is 18.0. The van der Waals surface area contributed by atoms with Crippen LogP contribution in [0, 0.1) is 0 Å². The average molecular weight is 374 g/mol. The van der Waals surface area contributed by atoms with Crippen LogP contribution in [-0.2, 0) is 6.42 Å². The predicted octanol–water partition coefficient (Wildman–Crippen LogP) is 4.21. The summed E-state index contributed by atoms with van der Waals surface area (Å²) in [6.45, 7) is 3.28. The number of aromatic nitrogens is 2. The SMILES string of the molecule is CCOc1ccc(Nc2cnc(C(=O)N3CCCc4ccccc43)cn2)cc1. The third-order valence-corrected chi connectivity index (χ3v) is 4.66. The number of para-hydroxylation sites is 1. The molecule has 0 aliphatic carbocycles. The van der Waals surface area contributed by atoms with Crippen LogP contribution in [0.2, 0.25) is 0 Å². The zero-order chi connectivity index (χ0) is 19.3. The van der Waals surface area contributed by atoms with E-state index in [1.54, 1.807) is 11.1 Å². The highest BCUT2D eigenvalue weighted by Crippen LogP contribution is 2.28. The van der Waals surface area contributed by atoms with Gasteiger partial charge in [0, 0.05) is 17.9 Å². The number of carbonyl (C=O) groups excluding carboxylic acids is 1. The smallest absolute Gasteiger partial charge is 0.278 e. The van der Waals surface area contributed by atoms with Crippen molar-refractivity contribution in [2.75, 3.05) is 23.4 Å². The Morgan fingerprint density at radius 2 is 1.93 bits per heavy atom. The molecule has 0 saturated carbocycles. The van der Waals surface area contributed by atoms with Crippen LogP contribution in [-0.4, -0.2) is 29.0 Å². The van der Waals surface area contributed by atoms with Crippen LogP contribution in [0.25, 0.3) is 0 Å². The Kier molecular flexibility index (Phi) is 5.19. The quantitative estimate of drug-likeness (QED) is 0.724. The third-order valence-electron chi connectivity index (χ3n) is 4.66. The summed E-state index contributed by atoms with van der Waals surface area (Å²) >= 11 is 0. The predicted molar refractivity (Wildman–Crippen MR) is 109 cm³/mol. The van der Waals surface area contributed by atoms with Gasteiger partial charge in [0.15, 0.2) is 0 Å². The lowest BCUT2D eigenvalue weighted by molar-refractivity contribution is 0.0980. The molecule has 0 atom stereocenters. The van der Waals surface area contributed by atoms with Gasteiger partial charge >= 0.3 is 0 Å². The number of nitrogens with one attached hydrogen (secondary N) is 1. The normalized spacial score (nSPS) is 13.0. The number of ether oxygens (including phenoxy) is 1. The number of amides is 1. The summed E-state index contributed by atoms with van der Waals surface area (Å²) in [5.74, 6) is 1.29. The monoisotopic (exact) mass is 374 g/mol. The van der Waals surface area contributed by atoms with Gasteiger partial charge in [-0.1, -0.05) is 18.2 Å². The Balaban J connectivity index is 1.47. The Hall–Kier alpha value is -3.41. The molecule has 1 aliphatic heterocycles. The van der Waals surface area contributed by atoms with E-state index >= 15 is 0 Å². The van der Waals surface area contributed by atoms with Crippen LogP contribution in [0.15, 0.2) is 60.9 Å². The van der Waals surface area contributed by atoms with Crippen LogP contribution in [0.4, 0.5) is 17.2 Å². The van der Waals surface area contributed by atoms with Gasteiger partial charge in [-0.15, -0.1) is 0 Å². The van der Waals surface area contributed by atoms with Gasteiger partial charge in [-0.3, -0.25) is 4.79 Å². The molecule has 1 aliphatic rings. The van der Waals surface area contributed by atoms with Crippen LogP contribution in [0.5, 0.6) is 5.75 Å². The number of benzene rings is 2. The van der Waals surface area contributed by atoms with Gasteiger partial charge in [0.25, 0.3) is 5.91 Å². The first-order valence-electron chi connectivity index (χ1n) is 9.46. The summed E-state index contributed by atoms with van der Waals surface area (Å²) in [5, 5.41) is 3.18. The van der Waals surface area contributed by atoms with E-state index in [1.807, 2.05) is 49.4 Å². The number of nitrogens with zero attached hydrogens (tertiary/aromatic N) is 3. The number of fused-ring (bicyclic) bond motifs is 1. The number of carbonyl (C=O) groups is 1. The standard InChI is InChI=1S/C22H22N4O2/c1-2-28-18-11-9-17(10-12-18)25-21-15-23-19(14-24-21)22(27)26-13-5-7-16-6-3-4-8-20(16)26/h3-4,6,8-12,14-15H,2,5,7,13H2,1H3,(H,24,25). The van der Waals surface area contributed by atoms with Crippen molar-refractivity contribution in [2.45, 2.75) is 19.8 Å². The minimum atomic E-state index is -0.118. The number of rotatable bonds is 5. The molecule has 1 N–H and O–H groups in total. The highest BCUT2D eigenvalue weighted by atomic mass is 16.5. The van der Waals surface area contributed by atoms with Gasteiger partial charge in [-0.2, -0.15) is 0 Å². The van der Waals surface area contributed by atoms with Crippen LogP contribution in [0.1, 0.15) is 29.4 Å². The van der Waals surface area contributed by atoms with Crippen molar-refractivity contribution in [1.29, 1.82) is 0 Å². The van der Waals surface area contributed by atoms with Gasteiger partial charge in [-0.25, -0.2) is 9.97 Å². The van der Waals surface area contributed by atoms with Crippen molar-refractivity contribution >= 4 is 23.1 Å². The Bertz CT molecular complexity index is 955. The van der Waals surface area contributed by atoms with E-state index in [0.717, 1.165) is 30.0 Å². The van der Waals surface area contributed by atoms with Crippen molar-refractivity contribution < 1.29 is 9.53 Å². The van der Waals surface area contributed by atoms with Crippen molar-refractivity contribution in [2.24, 2.45) is 0 Å². The molecule has 4 rings (SSSR count). The summed E-state index contributed by atoms with van der Waals surface area (Å²) in [4.78, 5) is 23.4. The second-order valence-corrected chi connectivity index (χ2v) is 6.56. The summed E-state index contributed by atoms with van der Waals surface area (Å²) < 4.78 is 5.44. The Morgan fingerprint density at radius 3 is 2.68 bits per heavy atom. The molecule has 142 valence electrons. The molecule has 1 amide bonds. The van der Waals surface area contributed by atoms with Gasteiger partial charge in [0.1, 0.15) is 17.3 Å². The molecule has 0 radical (unpaired) electrons. The molecule has 6 heteroatoms. The Morgan fingerprint density at radius 1 is 1.11 bits per heavy atom. The maximum Gasteiger partial charge on any atom is 0.278 e. The van der Waals surface area contributed by atoms with Gasteiger partial charge in [0.2, 0.25) is 0 Å². The second-order valence-electron chi connectivity index (χ2n) is 6.56. The number of anilines is 3. The highest BCUT2D eigenvalue weighted by Gasteiger charge is 2.24. The van der Waals surface area contributed by atoms with E-state index in [-0.39, 0.29) is 5.91 Å². The van der Waals surface area contributed by atoms with Crippen molar-refractivity contribution in [3.63, 3.8) is 0 Å². The highest BCUT2D eigenvalue weighted by molar-refractivity contribution is 6.05. The molecule has 0 saturated heterocycles. The van der Waals surface area contributed by atoms with Crippen molar-refractivity contribution in [1.82, 2.24) is 9.97 Å². The molecule has 0 unspecified atom stereocenters. The molecule has 28 heavy (non-hydrogen) atoms. The lowest BCUT2D eigenvalue weighted by Crippen LogP contribution is -2.36. The second kappa shape index (κ2) is 8.08. The fraction of sp³-hybridized carbons (Fsp3) is 0.227. The van der Waals surface area contributed by atoms with E-state index < -0.39 is 0 Å². The summed E-state index contributed by atoms with van der Waals surface area (Å²) in [6, 6.07) is 15.6. The minimum Gasteiger partial charge on any atom is -0.494 e. The largest absolute Gasteiger partial charge is 0.494 e. The van der Waals surface area contributed by atoms with Crippen molar-refractivity contribution in [3.05, 3.63) is 72.2 Å². The molecule has 0 spiro atoms. The zero-order valence-corrected chi connectivity index (χ0v) is 15.8. The molecule has 0 fully saturated rings. The number of aryl methyl sites for hydroxylation is 1. The van der Waals surface area contributed by atoms with Gasteiger partial charge in [-0.05, 0) is 55.7 Å². The van der Waals surface area contributed by atoms with Crippen LogP contribution < -0.4 is 15.0 Å². The average Bonchev–Trinajstić information content (AvgIpc) is 2.75. The van der Waals surface area contributed by atoms with E-state index in [4.69, 9.17) is 4.74 Å². The van der Waals surface area contributed by atoms with E-state index in [1.165, 1.54) is 11.8 Å². The molecular formula is C22H22N4O2. The zero-order valence-electron chi connectivity index (χ0n) is 15.8. The fourth-order valence-electron chi connectivity index (χ4n) is 3.33. The lowest BCUT2D eigenvalue weighted by Gasteiger charge is -2.29. The first-order valence-corrected chi connectivity index (χ1v) is 9.46. The maximum atomic E-state index is 12.9. The number of hydrogen-bond acceptors (Lipinski definition) is 5. The lowest BCUT2D eigenvalue weighted by atomic mass is 10.0. The van der Waals surface area contributed by atoms with Gasteiger partial charge in [0.05, 0.1) is 19.0 Å². The molecule has 3 aromatic rings. The number of hydrogen-bond donors (Lipinski definition) is 1. The summed E-state index contributed by atoms with van der Waals surface area (Å²) in [6.07, 6.45) is 5.06. The van der Waals surface area contributed by atoms with Crippen LogP contribution >= 0.6 is 0 Å². The molecule has 2 aromatic carbocycles. The van der Waals surface area contributed by atoms with E-state index in [9.17, 15) is 4.79 Å². The van der Waals surface area contributed by atoms with Crippen LogP contribution in [0.3, 0.4) is 0 Å². The first-order chi connectivity index (χ1) is 13.7. The van der Waals surface area contributed by atoms with Gasteiger partial charge < -0.3 is 15.0 Å². The molecule has 6 nitrogen and oxygen atoms in total.